The molecule has 2 aliphatic rings. The Hall–Kier alpha value is -7.04. The van der Waals surface area contributed by atoms with Gasteiger partial charge in [-0.3, -0.25) is 0 Å². The Morgan fingerprint density at radius 1 is 0.318 bits per heavy atom. The summed E-state index contributed by atoms with van der Waals surface area (Å²) in [6.07, 6.45) is 7.35. The van der Waals surface area contributed by atoms with Gasteiger partial charge in [0.1, 0.15) is 0 Å². The molecule has 0 amide bonds. The van der Waals surface area contributed by atoms with E-state index in [1.807, 2.05) is 0 Å². The van der Waals surface area contributed by atoms with Gasteiger partial charge in [-0.2, -0.15) is 0 Å². The summed E-state index contributed by atoms with van der Waals surface area (Å²) in [5.41, 5.74) is 17.7. The van der Waals surface area contributed by atoms with E-state index in [4.69, 9.17) is 0 Å². The molecule has 0 bridgehead atoms. The van der Waals surface area contributed by atoms with Gasteiger partial charge in [-0.1, -0.05) is 109 Å². The van der Waals surface area contributed by atoms with E-state index in [9.17, 15) is 0 Å². The molecule has 8 aromatic carbocycles. The number of benzene rings is 8. The number of nitrogens with zero attached hydrogens (tertiary/aromatic N) is 4. The van der Waals surface area contributed by atoms with Crippen molar-refractivity contribution in [3.05, 3.63) is 182 Å². The van der Waals surface area contributed by atoms with Crippen LogP contribution in [0.5, 0.6) is 0 Å². The summed E-state index contributed by atoms with van der Waals surface area (Å²) in [5.74, 6) is 0. The maximum Gasteiger partial charge on any atom is 0.0541 e. The number of hydrogen-bond donors (Lipinski definition) is 0. The lowest BCUT2D eigenvalue weighted by atomic mass is 9.88. The quantitative estimate of drug-likeness (QED) is 0.159. The van der Waals surface area contributed by atoms with Gasteiger partial charge in [0.05, 0.1) is 22.1 Å². The standard InChI is InChI=1S/C62H58N4/c1-41-17-15-18-42(2)63(41)61-39-47(45-31-35-59-55(37-45)51-25-11-13-27-57(51)65(59)49-21-7-5-8-22-49)29-33-53(61)54-34-30-48(40-62(54)64-43(3)19-16-20-44(64)4)46-32-36-60-56(38-46)52-26-12-14-28-58(52)66(60)50-23-9-6-10-24-50/h5-14,21-44H,15-20H2,1-4H3. The molecule has 2 aromatic heterocycles. The second kappa shape index (κ2) is 16.4. The zero-order chi connectivity index (χ0) is 44.5. The Labute approximate surface area is 389 Å². The van der Waals surface area contributed by atoms with E-state index in [0.29, 0.717) is 24.2 Å². The van der Waals surface area contributed by atoms with Crippen molar-refractivity contribution in [2.24, 2.45) is 0 Å². The zero-order valence-electron chi connectivity index (χ0n) is 38.7. The average molecular weight is 859 g/mol. The third-order valence-electron chi connectivity index (χ3n) is 15.3. The van der Waals surface area contributed by atoms with Crippen LogP contribution in [0.15, 0.2) is 182 Å². The zero-order valence-corrected chi connectivity index (χ0v) is 38.7. The molecule has 2 aliphatic heterocycles. The highest BCUT2D eigenvalue weighted by Crippen LogP contribution is 2.47. The first-order chi connectivity index (χ1) is 32.4. The van der Waals surface area contributed by atoms with Gasteiger partial charge in [0.15, 0.2) is 0 Å². The van der Waals surface area contributed by atoms with E-state index in [1.54, 1.807) is 0 Å². The van der Waals surface area contributed by atoms with Crippen LogP contribution in [0.1, 0.15) is 66.2 Å². The third-order valence-corrected chi connectivity index (χ3v) is 15.3. The molecule has 326 valence electrons. The summed E-state index contributed by atoms with van der Waals surface area (Å²) < 4.78 is 4.82. The number of para-hydroxylation sites is 4. The first-order valence-electron chi connectivity index (χ1n) is 24.4. The first kappa shape index (κ1) is 40.5. The van der Waals surface area contributed by atoms with Gasteiger partial charge >= 0.3 is 0 Å². The van der Waals surface area contributed by atoms with Crippen LogP contribution in [-0.4, -0.2) is 33.3 Å². The highest BCUT2D eigenvalue weighted by Gasteiger charge is 2.31. The summed E-state index contributed by atoms with van der Waals surface area (Å²) in [6.45, 7) is 9.78. The van der Waals surface area contributed by atoms with Crippen LogP contribution in [-0.2, 0) is 0 Å². The molecule has 2 fully saturated rings. The fourth-order valence-corrected chi connectivity index (χ4v) is 12.1. The largest absolute Gasteiger partial charge is 0.366 e. The van der Waals surface area contributed by atoms with Crippen LogP contribution >= 0.6 is 0 Å². The van der Waals surface area contributed by atoms with Gasteiger partial charge < -0.3 is 18.9 Å². The maximum atomic E-state index is 2.76. The van der Waals surface area contributed by atoms with Crippen molar-refractivity contribution >= 4 is 55.0 Å². The molecule has 0 saturated carbocycles. The Kier molecular flexibility index (Phi) is 10.1. The maximum absolute atomic E-state index is 2.76. The molecule has 0 aliphatic carbocycles. The molecule has 4 nitrogen and oxygen atoms in total. The normalized spacial score (nSPS) is 19.1. The lowest BCUT2D eigenvalue weighted by Crippen LogP contribution is -2.45. The minimum atomic E-state index is 0.439. The molecule has 10 aromatic rings. The molecular weight excluding hydrogens is 801 g/mol. The molecule has 0 spiro atoms. The third kappa shape index (κ3) is 6.72. The highest BCUT2D eigenvalue weighted by atomic mass is 15.2. The number of piperidine rings is 2. The highest BCUT2D eigenvalue weighted by molar-refractivity contribution is 6.12. The average Bonchev–Trinajstić information content (AvgIpc) is 3.87. The van der Waals surface area contributed by atoms with Crippen molar-refractivity contribution in [2.75, 3.05) is 9.80 Å². The second-order valence-corrected chi connectivity index (χ2v) is 19.4. The lowest BCUT2D eigenvalue weighted by Gasteiger charge is -2.44. The molecule has 0 N–H and O–H groups in total. The van der Waals surface area contributed by atoms with Gasteiger partial charge in [0, 0.05) is 79.6 Å². The van der Waals surface area contributed by atoms with Crippen molar-refractivity contribution in [1.29, 1.82) is 0 Å². The Morgan fingerprint density at radius 2 is 0.652 bits per heavy atom. The topological polar surface area (TPSA) is 16.3 Å². The number of anilines is 2. The summed E-state index contributed by atoms with van der Waals surface area (Å²) in [4.78, 5) is 5.53. The van der Waals surface area contributed by atoms with Crippen molar-refractivity contribution in [1.82, 2.24) is 9.13 Å². The van der Waals surface area contributed by atoms with Gasteiger partial charge in [-0.05, 0) is 161 Å². The molecule has 66 heavy (non-hydrogen) atoms. The SMILES string of the molecule is CC1CCCC(C)N1c1cc(-c2ccc3c(c2)c2ccccc2n3-c2ccccc2)ccc1-c1ccc(-c2ccc3c(c2)c2ccccc2n3-c2ccccc2)cc1N1C(C)CCCC1C. The van der Waals surface area contributed by atoms with Gasteiger partial charge in [-0.15, -0.1) is 0 Å². The van der Waals surface area contributed by atoms with Crippen LogP contribution < -0.4 is 9.80 Å². The predicted octanol–water partition coefficient (Wildman–Crippen LogP) is 16.4. The monoisotopic (exact) mass is 858 g/mol. The van der Waals surface area contributed by atoms with E-state index in [-0.39, 0.29) is 0 Å². The molecule has 0 radical (unpaired) electrons. The number of aromatic nitrogens is 2. The molecule has 4 heteroatoms. The summed E-state index contributed by atoms with van der Waals surface area (Å²) in [6, 6.07) is 70.0. The molecule has 4 atom stereocenters. The van der Waals surface area contributed by atoms with Crippen molar-refractivity contribution in [3.63, 3.8) is 0 Å². The summed E-state index contributed by atoms with van der Waals surface area (Å²) in [5, 5.41) is 5.13. The molecule has 2 saturated heterocycles. The van der Waals surface area contributed by atoms with E-state index in [0.717, 1.165) is 0 Å². The van der Waals surface area contributed by atoms with E-state index in [1.165, 1.54) is 138 Å². The molecular formula is C62H58N4. The van der Waals surface area contributed by atoms with E-state index in [2.05, 4.69) is 229 Å². The molecule has 4 unspecified atom stereocenters. The summed E-state index contributed by atoms with van der Waals surface area (Å²) in [7, 11) is 0. The Balaban J connectivity index is 1.03. The van der Waals surface area contributed by atoms with Crippen molar-refractivity contribution in [3.8, 4) is 44.8 Å². The smallest absolute Gasteiger partial charge is 0.0541 e. The Bertz CT molecular complexity index is 3160. The first-order valence-corrected chi connectivity index (χ1v) is 24.4. The fourth-order valence-electron chi connectivity index (χ4n) is 12.1. The number of fused-ring (bicyclic) bond motifs is 6. The van der Waals surface area contributed by atoms with E-state index < -0.39 is 0 Å². The van der Waals surface area contributed by atoms with Gasteiger partial charge in [-0.25, -0.2) is 0 Å². The fraction of sp³-hybridized carbons (Fsp3) is 0.226. The van der Waals surface area contributed by atoms with E-state index >= 15 is 0 Å². The van der Waals surface area contributed by atoms with Crippen LogP contribution in [0.25, 0.3) is 88.4 Å². The number of hydrogen-bond acceptors (Lipinski definition) is 2. The molecule has 4 heterocycles. The Morgan fingerprint density at radius 3 is 1.06 bits per heavy atom. The number of rotatable bonds is 7. The second-order valence-electron chi connectivity index (χ2n) is 19.4. The van der Waals surface area contributed by atoms with Crippen molar-refractivity contribution in [2.45, 2.75) is 90.4 Å². The van der Waals surface area contributed by atoms with Gasteiger partial charge in [0.25, 0.3) is 0 Å². The predicted molar refractivity (Wildman–Crippen MR) is 282 cm³/mol. The van der Waals surface area contributed by atoms with Crippen LogP contribution in [0.4, 0.5) is 11.4 Å². The lowest BCUT2D eigenvalue weighted by molar-refractivity contribution is 0.413. The van der Waals surface area contributed by atoms with Crippen LogP contribution in [0, 0.1) is 0 Å². The van der Waals surface area contributed by atoms with Crippen LogP contribution in [0.2, 0.25) is 0 Å². The van der Waals surface area contributed by atoms with Crippen LogP contribution in [0.3, 0.4) is 0 Å². The molecule has 12 rings (SSSR count). The van der Waals surface area contributed by atoms with Gasteiger partial charge in [0.2, 0.25) is 0 Å². The minimum Gasteiger partial charge on any atom is -0.366 e. The summed E-state index contributed by atoms with van der Waals surface area (Å²) >= 11 is 0. The minimum absolute atomic E-state index is 0.439. The van der Waals surface area contributed by atoms with Crippen molar-refractivity contribution < 1.29 is 0 Å².